The zero-order valence-electron chi connectivity index (χ0n) is 16.1. The third kappa shape index (κ3) is 5.40. The number of nitrogens with zero attached hydrogens (tertiary/aromatic N) is 3. The van der Waals surface area contributed by atoms with Gasteiger partial charge < -0.3 is 14.5 Å². The molecule has 0 atom stereocenters. The van der Waals surface area contributed by atoms with E-state index >= 15 is 0 Å². The lowest BCUT2D eigenvalue weighted by Crippen LogP contribution is -2.33. The van der Waals surface area contributed by atoms with Crippen molar-refractivity contribution in [3.8, 4) is 16.5 Å². The predicted molar refractivity (Wildman–Crippen MR) is 109 cm³/mol. The van der Waals surface area contributed by atoms with Crippen LogP contribution in [-0.4, -0.2) is 40.7 Å². The summed E-state index contributed by atoms with van der Waals surface area (Å²) in [7, 11) is 0. The molecule has 0 spiro atoms. The van der Waals surface area contributed by atoms with E-state index in [1.54, 1.807) is 11.3 Å². The maximum atomic E-state index is 12.6. The number of para-hydroxylation sites is 2. The molecular formula is C20H24N4O3S. The summed E-state index contributed by atoms with van der Waals surface area (Å²) in [5.41, 5.74) is 0.670. The fourth-order valence-corrected chi connectivity index (χ4v) is 3.43. The van der Waals surface area contributed by atoms with Crippen LogP contribution in [0.5, 0.6) is 5.75 Å². The first-order chi connectivity index (χ1) is 13.7. The van der Waals surface area contributed by atoms with Crippen molar-refractivity contribution in [2.45, 2.75) is 26.8 Å². The number of carbonyl (C=O) groups is 1. The number of hydrogen-bond donors (Lipinski definition) is 1. The molecule has 0 unspecified atom stereocenters. The van der Waals surface area contributed by atoms with Crippen LogP contribution in [0.25, 0.3) is 10.8 Å². The summed E-state index contributed by atoms with van der Waals surface area (Å²) >= 11 is 1.55. The number of carbonyl (C=O) groups excluding carboxylic acids is 1. The number of hydrogen-bond acceptors (Lipinski definition) is 7. The van der Waals surface area contributed by atoms with Crippen molar-refractivity contribution in [1.82, 2.24) is 15.1 Å². The van der Waals surface area contributed by atoms with Crippen LogP contribution < -0.4 is 10.1 Å². The van der Waals surface area contributed by atoms with Crippen molar-refractivity contribution in [3.63, 3.8) is 0 Å². The molecule has 0 aliphatic rings. The molecule has 1 N–H and O–H groups in total. The first-order valence-corrected chi connectivity index (χ1v) is 10.2. The highest BCUT2D eigenvalue weighted by Gasteiger charge is 2.16. The van der Waals surface area contributed by atoms with Gasteiger partial charge in [0.2, 0.25) is 11.8 Å². The number of amides is 1. The van der Waals surface area contributed by atoms with Gasteiger partial charge in [-0.3, -0.25) is 9.69 Å². The van der Waals surface area contributed by atoms with Gasteiger partial charge in [-0.25, -0.2) is 0 Å². The summed E-state index contributed by atoms with van der Waals surface area (Å²) in [4.78, 5) is 15.5. The predicted octanol–water partition coefficient (Wildman–Crippen LogP) is 4.05. The first-order valence-electron chi connectivity index (χ1n) is 9.29. The van der Waals surface area contributed by atoms with Crippen LogP contribution >= 0.6 is 11.3 Å². The Morgan fingerprint density at radius 3 is 2.82 bits per heavy atom. The Bertz CT molecular complexity index is 879. The average Bonchev–Trinajstić information content (AvgIpc) is 3.35. The fourth-order valence-electron chi connectivity index (χ4n) is 2.78. The minimum atomic E-state index is -0.112. The highest BCUT2D eigenvalue weighted by atomic mass is 32.1. The molecule has 7 nitrogen and oxygen atoms in total. The van der Waals surface area contributed by atoms with Crippen molar-refractivity contribution in [1.29, 1.82) is 0 Å². The van der Waals surface area contributed by atoms with E-state index in [1.807, 2.05) is 53.6 Å². The lowest BCUT2D eigenvalue weighted by atomic mass is 10.3. The minimum absolute atomic E-state index is 0.112. The molecule has 148 valence electrons. The zero-order valence-corrected chi connectivity index (χ0v) is 16.9. The van der Waals surface area contributed by atoms with Gasteiger partial charge in [-0.05, 0) is 43.5 Å². The molecule has 1 amide bonds. The monoisotopic (exact) mass is 400 g/mol. The van der Waals surface area contributed by atoms with Gasteiger partial charge in [0.1, 0.15) is 5.75 Å². The van der Waals surface area contributed by atoms with Crippen molar-refractivity contribution in [2.75, 3.05) is 25.0 Å². The molecule has 8 heteroatoms. The standard InChI is InChI=1S/C20H24N4O3S/c1-3-11-24(14-19-22-23-20(27-19)17-10-7-12-28-17)13-18(25)21-15-8-5-6-9-16(15)26-4-2/h5-10,12H,3-4,11,13-14H2,1-2H3,(H,21,25). The molecule has 0 saturated heterocycles. The zero-order chi connectivity index (χ0) is 19.8. The third-order valence-corrected chi connectivity index (χ3v) is 4.78. The van der Waals surface area contributed by atoms with Crippen LogP contribution in [0, 0.1) is 0 Å². The number of anilines is 1. The van der Waals surface area contributed by atoms with Gasteiger partial charge in [0.05, 0.1) is 30.3 Å². The Balaban J connectivity index is 1.62. The quantitative estimate of drug-likeness (QED) is 0.553. The molecule has 2 aromatic heterocycles. The Hall–Kier alpha value is -2.71. The number of thiophene rings is 1. The van der Waals surface area contributed by atoms with E-state index in [0.717, 1.165) is 17.8 Å². The lowest BCUT2D eigenvalue weighted by Gasteiger charge is -2.19. The van der Waals surface area contributed by atoms with Crippen molar-refractivity contribution in [2.24, 2.45) is 0 Å². The van der Waals surface area contributed by atoms with Gasteiger partial charge in [0.15, 0.2) is 0 Å². The molecule has 0 saturated carbocycles. The highest BCUT2D eigenvalue weighted by molar-refractivity contribution is 7.13. The van der Waals surface area contributed by atoms with Crippen LogP contribution in [0.4, 0.5) is 5.69 Å². The Morgan fingerprint density at radius 1 is 1.21 bits per heavy atom. The van der Waals surface area contributed by atoms with Crippen LogP contribution in [0.3, 0.4) is 0 Å². The Morgan fingerprint density at radius 2 is 2.07 bits per heavy atom. The Kier molecular flexibility index (Phi) is 7.16. The molecule has 2 heterocycles. The molecule has 28 heavy (non-hydrogen) atoms. The van der Waals surface area contributed by atoms with Crippen LogP contribution in [-0.2, 0) is 11.3 Å². The molecule has 0 aliphatic heterocycles. The van der Waals surface area contributed by atoms with E-state index in [0.29, 0.717) is 36.4 Å². The van der Waals surface area contributed by atoms with E-state index in [9.17, 15) is 4.79 Å². The largest absolute Gasteiger partial charge is 0.492 e. The second-order valence-electron chi connectivity index (χ2n) is 6.17. The summed E-state index contributed by atoms with van der Waals surface area (Å²) in [6.45, 7) is 5.92. The topological polar surface area (TPSA) is 80.5 Å². The van der Waals surface area contributed by atoms with Gasteiger partial charge in [-0.1, -0.05) is 25.1 Å². The molecule has 0 bridgehead atoms. The van der Waals surface area contributed by atoms with Crippen molar-refractivity contribution >= 4 is 22.9 Å². The Labute approximate surface area is 168 Å². The lowest BCUT2D eigenvalue weighted by molar-refractivity contribution is -0.117. The number of ether oxygens (including phenoxy) is 1. The van der Waals surface area contributed by atoms with Crippen molar-refractivity contribution in [3.05, 3.63) is 47.7 Å². The maximum absolute atomic E-state index is 12.6. The van der Waals surface area contributed by atoms with E-state index in [-0.39, 0.29) is 12.5 Å². The van der Waals surface area contributed by atoms with E-state index in [1.165, 1.54) is 0 Å². The minimum Gasteiger partial charge on any atom is -0.492 e. The normalized spacial score (nSPS) is 11.0. The third-order valence-electron chi connectivity index (χ3n) is 3.93. The molecule has 0 radical (unpaired) electrons. The molecular weight excluding hydrogens is 376 g/mol. The number of rotatable bonds is 10. The van der Waals surface area contributed by atoms with Crippen LogP contribution in [0.1, 0.15) is 26.2 Å². The van der Waals surface area contributed by atoms with E-state index < -0.39 is 0 Å². The highest BCUT2D eigenvalue weighted by Crippen LogP contribution is 2.24. The second kappa shape index (κ2) is 10.0. The van der Waals surface area contributed by atoms with Gasteiger partial charge in [0.25, 0.3) is 5.89 Å². The summed E-state index contributed by atoms with van der Waals surface area (Å²) < 4.78 is 11.3. The van der Waals surface area contributed by atoms with Gasteiger partial charge in [-0.2, -0.15) is 0 Å². The summed E-state index contributed by atoms with van der Waals surface area (Å²) in [5.74, 6) is 1.56. The van der Waals surface area contributed by atoms with Gasteiger partial charge in [-0.15, -0.1) is 21.5 Å². The average molecular weight is 401 g/mol. The summed E-state index contributed by atoms with van der Waals surface area (Å²) in [6, 6.07) is 11.3. The SMILES string of the molecule is CCCN(CC(=O)Nc1ccccc1OCC)Cc1nnc(-c2cccs2)o1. The maximum Gasteiger partial charge on any atom is 0.257 e. The summed E-state index contributed by atoms with van der Waals surface area (Å²) in [5, 5.41) is 13.1. The molecule has 3 aromatic rings. The van der Waals surface area contributed by atoms with Crippen molar-refractivity contribution < 1.29 is 13.9 Å². The van der Waals surface area contributed by atoms with Gasteiger partial charge >= 0.3 is 0 Å². The smallest absolute Gasteiger partial charge is 0.257 e. The molecule has 0 aliphatic carbocycles. The first kappa shape index (κ1) is 20.0. The van der Waals surface area contributed by atoms with Crippen LogP contribution in [0.2, 0.25) is 0 Å². The van der Waals surface area contributed by atoms with E-state index in [2.05, 4.69) is 22.4 Å². The summed E-state index contributed by atoms with van der Waals surface area (Å²) in [6.07, 6.45) is 0.911. The van der Waals surface area contributed by atoms with Gasteiger partial charge in [0, 0.05) is 0 Å². The molecule has 0 fully saturated rings. The number of nitrogens with one attached hydrogen (secondary N) is 1. The molecule has 1 aromatic carbocycles. The fraction of sp³-hybridized carbons (Fsp3) is 0.350. The number of benzene rings is 1. The van der Waals surface area contributed by atoms with Crippen LogP contribution in [0.15, 0.2) is 46.2 Å². The number of aromatic nitrogens is 2. The second-order valence-corrected chi connectivity index (χ2v) is 7.11. The molecule has 3 rings (SSSR count). The van der Waals surface area contributed by atoms with E-state index in [4.69, 9.17) is 9.15 Å².